The van der Waals surface area contributed by atoms with Crippen LogP contribution >= 0.6 is 23.2 Å². The van der Waals surface area contributed by atoms with Gasteiger partial charge in [0.25, 0.3) is 0 Å². The minimum absolute atomic E-state index is 0.00431. The number of hydrogen-bond donors (Lipinski definition) is 1. The maximum Gasteiger partial charge on any atom is 0.225 e. The van der Waals surface area contributed by atoms with Gasteiger partial charge in [-0.05, 0) is 11.6 Å². The standard InChI is InChI=1S/C12H11Cl2FN4O2/c13-10-8(15)9-7(3-16-10)11(18-12(14)17-9)19-1-2-21-5-6(20)4-19/h3,6,20H,1-2,4-5H2. The Labute approximate surface area is 129 Å². The molecule has 0 aliphatic carbocycles. The normalized spacial score (nSPS) is 19.8. The molecule has 0 amide bonds. The van der Waals surface area contributed by atoms with E-state index in [1.807, 2.05) is 0 Å². The van der Waals surface area contributed by atoms with Crippen LogP contribution in [0.1, 0.15) is 0 Å². The first-order valence-electron chi connectivity index (χ1n) is 6.24. The molecule has 0 radical (unpaired) electrons. The molecule has 1 aliphatic heterocycles. The average Bonchev–Trinajstić information content (AvgIpc) is 2.67. The van der Waals surface area contributed by atoms with Crippen LogP contribution < -0.4 is 4.90 Å². The first-order valence-corrected chi connectivity index (χ1v) is 7.00. The lowest BCUT2D eigenvalue weighted by Gasteiger charge is -2.23. The van der Waals surface area contributed by atoms with Crippen LogP contribution in [0.2, 0.25) is 10.4 Å². The Kier molecular flexibility index (Phi) is 4.08. The molecule has 0 saturated carbocycles. The van der Waals surface area contributed by atoms with Gasteiger partial charge in [0.05, 0.1) is 24.7 Å². The van der Waals surface area contributed by atoms with Crippen LogP contribution in [0, 0.1) is 5.82 Å². The highest BCUT2D eigenvalue weighted by Crippen LogP contribution is 2.29. The summed E-state index contributed by atoms with van der Waals surface area (Å²) in [4.78, 5) is 13.6. The summed E-state index contributed by atoms with van der Waals surface area (Å²) in [6, 6.07) is 0. The molecule has 2 aromatic heterocycles. The number of halogens is 3. The minimum Gasteiger partial charge on any atom is -0.389 e. The molecule has 3 heterocycles. The van der Waals surface area contributed by atoms with Crippen LogP contribution in [0.4, 0.5) is 10.2 Å². The van der Waals surface area contributed by atoms with Gasteiger partial charge in [0.1, 0.15) is 11.3 Å². The predicted molar refractivity (Wildman–Crippen MR) is 76.3 cm³/mol. The molecule has 6 nitrogen and oxygen atoms in total. The lowest BCUT2D eigenvalue weighted by atomic mass is 10.2. The zero-order chi connectivity index (χ0) is 15.0. The first kappa shape index (κ1) is 14.6. The summed E-state index contributed by atoms with van der Waals surface area (Å²) in [5.41, 5.74) is 0.00431. The number of aromatic nitrogens is 3. The van der Waals surface area contributed by atoms with Crippen molar-refractivity contribution in [3.05, 3.63) is 22.5 Å². The van der Waals surface area contributed by atoms with Crippen LogP contribution in [-0.4, -0.2) is 52.5 Å². The number of aliphatic hydroxyl groups excluding tert-OH is 1. The fourth-order valence-electron chi connectivity index (χ4n) is 2.22. The van der Waals surface area contributed by atoms with E-state index in [2.05, 4.69) is 15.0 Å². The van der Waals surface area contributed by atoms with Crippen molar-refractivity contribution in [2.24, 2.45) is 0 Å². The number of nitrogens with zero attached hydrogens (tertiary/aromatic N) is 4. The third-order valence-electron chi connectivity index (χ3n) is 3.14. The zero-order valence-electron chi connectivity index (χ0n) is 10.8. The van der Waals surface area contributed by atoms with Gasteiger partial charge < -0.3 is 14.7 Å². The molecule has 1 fully saturated rings. The van der Waals surface area contributed by atoms with Crippen LogP contribution in [0.3, 0.4) is 0 Å². The van der Waals surface area contributed by atoms with Gasteiger partial charge in [-0.2, -0.15) is 4.98 Å². The third-order valence-corrected chi connectivity index (χ3v) is 3.57. The lowest BCUT2D eigenvalue weighted by molar-refractivity contribution is 0.0597. The minimum atomic E-state index is -0.744. The second-order valence-electron chi connectivity index (χ2n) is 4.62. The molecular weight excluding hydrogens is 322 g/mol. The Morgan fingerprint density at radius 1 is 1.38 bits per heavy atom. The highest BCUT2D eigenvalue weighted by molar-refractivity contribution is 6.30. The van der Waals surface area contributed by atoms with Crippen molar-refractivity contribution in [3.8, 4) is 0 Å². The van der Waals surface area contributed by atoms with Gasteiger partial charge >= 0.3 is 0 Å². The van der Waals surface area contributed by atoms with Gasteiger partial charge in [-0.1, -0.05) is 11.6 Å². The maximum absolute atomic E-state index is 14.0. The van der Waals surface area contributed by atoms with Crippen molar-refractivity contribution in [2.75, 3.05) is 31.2 Å². The molecule has 2 aromatic rings. The highest BCUT2D eigenvalue weighted by atomic mass is 35.5. The van der Waals surface area contributed by atoms with E-state index < -0.39 is 11.9 Å². The van der Waals surface area contributed by atoms with E-state index in [4.69, 9.17) is 27.9 Å². The number of β-amino-alcohol motifs (C(OH)–C–C–N with tert-alkyl or cyclic N) is 1. The van der Waals surface area contributed by atoms with Crippen LogP contribution in [0.5, 0.6) is 0 Å². The van der Waals surface area contributed by atoms with Gasteiger partial charge in [-0.15, -0.1) is 0 Å². The van der Waals surface area contributed by atoms with Crippen molar-refractivity contribution in [2.45, 2.75) is 6.10 Å². The van der Waals surface area contributed by atoms with Gasteiger partial charge in [0.2, 0.25) is 5.28 Å². The predicted octanol–water partition coefficient (Wildman–Crippen LogP) is 1.67. The van der Waals surface area contributed by atoms with Gasteiger partial charge in [-0.3, -0.25) is 0 Å². The van der Waals surface area contributed by atoms with Crippen LogP contribution in [0.25, 0.3) is 10.9 Å². The summed E-state index contributed by atoms with van der Waals surface area (Å²) in [7, 11) is 0. The Balaban J connectivity index is 2.15. The van der Waals surface area contributed by atoms with Crippen molar-refractivity contribution in [1.82, 2.24) is 15.0 Å². The number of anilines is 1. The Bertz CT molecular complexity index is 688. The summed E-state index contributed by atoms with van der Waals surface area (Å²) >= 11 is 11.5. The number of hydrogen-bond acceptors (Lipinski definition) is 6. The van der Waals surface area contributed by atoms with E-state index in [0.717, 1.165) is 0 Å². The van der Waals surface area contributed by atoms with E-state index >= 15 is 0 Å². The summed E-state index contributed by atoms with van der Waals surface area (Å²) < 4.78 is 19.3. The monoisotopic (exact) mass is 332 g/mol. The second-order valence-corrected chi connectivity index (χ2v) is 5.31. The van der Waals surface area contributed by atoms with Gasteiger partial charge in [0, 0.05) is 19.3 Å². The Morgan fingerprint density at radius 2 is 2.19 bits per heavy atom. The molecule has 1 N–H and O–H groups in total. The van der Waals surface area contributed by atoms with Crippen molar-refractivity contribution < 1.29 is 14.2 Å². The molecule has 0 spiro atoms. The molecular formula is C12H11Cl2FN4O2. The van der Waals surface area contributed by atoms with Crippen molar-refractivity contribution in [3.63, 3.8) is 0 Å². The lowest BCUT2D eigenvalue weighted by Crippen LogP contribution is -2.33. The first-order chi connectivity index (χ1) is 10.1. The third kappa shape index (κ3) is 2.87. The smallest absolute Gasteiger partial charge is 0.225 e. The van der Waals surface area contributed by atoms with E-state index in [1.165, 1.54) is 6.20 Å². The Morgan fingerprint density at radius 3 is 3.00 bits per heavy atom. The molecule has 0 aromatic carbocycles. The molecule has 0 bridgehead atoms. The molecule has 1 saturated heterocycles. The topological polar surface area (TPSA) is 71.4 Å². The molecule has 1 unspecified atom stereocenters. The SMILES string of the molecule is OC1COCCN(c2nc(Cl)nc3c(F)c(Cl)ncc23)C1. The van der Waals surface area contributed by atoms with E-state index in [0.29, 0.717) is 30.9 Å². The number of aliphatic hydroxyl groups is 1. The van der Waals surface area contributed by atoms with Crippen molar-refractivity contribution >= 4 is 39.9 Å². The zero-order valence-corrected chi connectivity index (χ0v) is 12.3. The van der Waals surface area contributed by atoms with E-state index in [9.17, 15) is 9.50 Å². The number of fused-ring (bicyclic) bond motifs is 1. The fraction of sp³-hybridized carbons (Fsp3) is 0.417. The molecule has 21 heavy (non-hydrogen) atoms. The quantitative estimate of drug-likeness (QED) is 0.632. The summed E-state index contributed by atoms with van der Waals surface area (Å²) in [5.74, 6) is -0.344. The number of ether oxygens (including phenoxy) is 1. The average molecular weight is 333 g/mol. The number of pyridine rings is 1. The van der Waals surface area contributed by atoms with E-state index in [-0.39, 0.29) is 22.6 Å². The largest absolute Gasteiger partial charge is 0.389 e. The maximum atomic E-state index is 14.0. The van der Waals surface area contributed by atoms with Gasteiger partial charge in [-0.25, -0.2) is 14.4 Å². The van der Waals surface area contributed by atoms with Crippen molar-refractivity contribution in [1.29, 1.82) is 0 Å². The Hall–Kier alpha value is -1.28. The highest BCUT2D eigenvalue weighted by Gasteiger charge is 2.22. The van der Waals surface area contributed by atoms with Crippen LogP contribution in [0.15, 0.2) is 6.20 Å². The summed E-state index contributed by atoms with van der Waals surface area (Å²) in [5, 5.41) is 9.82. The number of rotatable bonds is 1. The molecule has 3 rings (SSSR count). The molecule has 9 heteroatoms. The van der Waals surface area contributed by atoms with Crippen LogP contribution in [-0.2, 0) is 4.74 Å². The van der Waals surface area contributed by atoms with E-state index in [1.54, 1.807) is 4.90 Å². The van der Waals surface area contributed by atoms with Gasteiger partial charge in [0.15, 0.2) is 11.0 Å². The molecule has 1 aliphatic rings. The second kappa shape index (κ2) is 5.84. The summed E-state index contributed by atoms with van der Waals surface area (Å²) in [6.45, 7) is 1.45. The summed E-state index contributed by atoms with van der Waals surface area (Å²) in [6.07, 6.45) is 0.728. The fourth-order valence-corrected chi connectivity index (χ4v) is 2.52. The molecule has 112 valence electrons. The molecule has 1 atom stereocenters.